The van der Waals surface area contributed by atoms with Gasteiger partial charge in [0.05, 0.1) is 19.6 Å². The third-order valence-corrected chi connectivity index (χ3v) is 6.06. The molecule has 1 atom stereocenters. The Bertz CT molecular complexity index is 472. The molecule has 1 unspecified atom stereocenters. The third-order valence-electron chi connectivity index (χ3n) is 6.06. The van der Waals surface area contributed by atoms with Gasteiger partial charge in [0.2, 0.25) is 5.91 Å². The molecule has 0 saturated carbocycles. The van der Waals surface area contributed by atoms with Crippen LogP contribution in [0, 0.1) is 0 Å². The Balaban J connectivity index is 2.11. The predicted molar refractivity (Wildman–Crippen MR) is 122 cm³/mol. The summed E-state index contributed by atoms with van der Waals surface area (Å²) in [6.45, 7) is 10.9. The summed E-state index contributed by atoms with van der Waals surface area (Å²) in [6, 6.07) is 0. The zero-order valence-corrected chi connectivity index (χ0v) is 19.0. The Morgan fingerprint density at radius 2 is 1.64 bits per heavy atom. The first-order chi connectivity index (χ1) is 13.6. The van der Waals surface area contributed by atoms with Crippen LogP contribution in [0.2, 0.25) is 0 Å². The Hall–Kier alpha value is -1.16. The monoisotopic (exact) mass is 392 g/mol. The standard InChI is InChI=1S/C24H45N3O/c1-4-6-7-8-9-10-11-12-13-14-15-16-17-18-24-26-20-22-27(24,5-2)21-19-25-23(3)28/h15-16H,4-14,17-22H2,1-3H3/p+1/b16-15+. The van der Waals surface area contributed by atoms with Crippen molar-refractivity contribution in [2.24, 2.45) is 4.99 Å². The van der Waals surface area contributed by atoms with Crippen LogP contribution >= 0.6 is 0 Å². The van der Waals surface area contributed by atoms with Gasteiger partial charge in [-0.25, -0.2) is 4.99 Å². The molecular weight excluding hydrogens is 346 g/mol. The lowest BCUT2D eigenvalue weighted by Crippen LogP contribution is -2.54. The van der Waals surface area contributed by atoms with Gasteiger partial charge in [-0.3, -0.25) is 9.28 Å². The van der Waals surface area contributed by atoms with Crippen molar-refractivity contribution in [1.29, 1.82) is 0 Å². The number of nitrogens with zero attached hydrogens (tertiary/aromatic N) is 2. The summed E-state index contributed by atoms with van der Waals surface area (Å²) in [7, 11) is 0. The highest BCUT2D eigenvalue weighted by Crippen LogP contribution is 2.18. The Morgan fingerprint density at radius 3 is 2.29 bits per heavy atom. The molecule has 1 heterocycles. The van der Waals surface area contributed by atoms with Gasteiger partial charge in [-0.1, -0.05) is 70.4 Å². The normalized spacial score (nSPS) is 19.3. The molecule has 0 fully saturated rings. The van der Waals surface area contributed by atoms with Crippen molar-refractivity contribution >= 4 is 11.7 Å². The lowest BCUT2D eigenvalue weighted by Gasteiger charge is -2.33. The number of unbranched alkanes of at least 4 members (excludes halogenated alkanes) is 9. The van der Waals surface area contributed by atoms with E-state index in [2.05, 4.69) is 31.3 Å². The van der Waals surface area contributed by atoms with Crippen LogP contribution in [-0.2, 0) is 4.79 Å². The van der Waals surface area contributed by atoms with E-state index in [0.29, 0.717) is 0 Å². The first kappa shape index (κ1) is 24.9. The minimum Gasteiger partial charge on any atom is -0.351 e. The SMILES string of the molecule is CCCCCCCCCCC/C=C/CCC1=NCC[N+]1(CC)CCNC(C)=O. The number of nitrogens with one attached hydrogen (secondary N) is 1. The van der Waals surface area contributed by atoms with Crippen LogP contribution in [0.15, 0.2) is 17.1 Å². The highest BCUT2D eigenvalue weighted by atomic mass is 16.1. The third kappa shape index (κ3) is 10.4. The van der Waals surface area contributed by atoms with Gasteiger partial charge >= 0.3 is 0 Å². The molecule has 4 heteroatoms. The number of hydrogen-bond donors (Lipinski definition) is 1. The molecule has 0 spiro atoms. The molecule has 1 amide bonds. The Kier molecular flexibility index (Phi) is 14.0. The molecule has 1 N–H and O–H groups in total. The average molecular weight is 393 g/mol. The number of carbonyl (C=O) groups is 1. The number of aliphatic imine (C=N–C) groups is 1. The van der Waals surface area contributed by atoms with Gasteiger partial charge in [0.15, 0.2) is 5.84 Å². The molecule has 0 aromatic rings. The Labute approximate surface area is 174 Å². The summed E-state index contributed by atoms with van der Waals surface area (Å²) in [6.07, 6.45) is 20.7. The van der Waals surface area contributed by atoms with E-state index in [0.717, 1.165) is 50.0 Å². The molecule has 1 aliphatic rings. The van der Waals surface area contributed by atoms with E-state index in [-0.39, 0.29) is 5.91 Å². The van der Waals surface area contributed by atoms with Crippen molar-refractivity contribution in [3.63, 3.8) is 0 Å². The van der Waals surface area contributed by atoms with Gasteiger partial charge in [-0.15, -0.1) is 0 Å². The van der Waals surface area contributed by atoms with Gasteiger partial charge < -0.3 is 5.32 Å². The first-order valence-electron chi connectivity index (χ1n) is 11.9. The number of allylic oxidation sites excluding steroid dienone is 2. The van der Waals surface area contributed by atoms with E-state index >= 15 is 0 Å². The zero-order chi connectivity index (χ0) is 20.5. The molecular formula is C24H46N3O+. The maximum atomic E-state index is 11.1. The molecule has 162 valence electrons. The van der Waals surface area contributed by atoms with Crippen LogP contribution in [-0.4, -0.2) is 48.9 Å². The lowest BCUT2D eigenvalue weighted by atomic mass is 10.1. The minimum atomic E-state index is 0.0614. The molecule has 1 aliphatic heterocycles. The number of rotatable bonds is 17. The number of hydrogen-bond acceptors (Lipinski definition) is 2. The highest BCUT2D eigenvalue weighted by molar-refractivity contribution is 5.77. The smallest absolute Gasteiger partial charge is 0.217 e. The summed E-state index contributed by atoms with van der Waals surface area (Å²) < 4.78 is 0.965. The largest absolute Gasteiger partial charge is 0.351 e. The minimum absolute atomic E-state index is 0.0614. The summed E-state index contributed by atoms with van der Waals surface area (Å²) in [4.78, 5) is 15.9. The van der Waals surface area contributed by atoms with E-state index < -0.39 is 0 Å². The summed E-state index contributed by atoms with van der Waals surface area (Å²) in [5.41, 5.74) is 0. The molecule has 0 aliphatic carbocycles. The second-order valence-electron chi connectivity index (χ2n) is 8.32. The number of carbonyl (C=O) groups excluding carboxylic acids is 1. The molecule has 0 aromatic carbocycles. The quantitative estimate of drug-likeness (QED) is 0.195. The molecule has 0 radical (unpaired) electrons. The molecule has 0 bridgehead atoms. The maximum Gasteiger partial charge on any atom is 0.217 e. The topological polar surface area (TPSA) is 41.5 Å². The van der Waals surface area contributed by atoms with Crippen molar-refractivity contribution < 1.29 is 9.28 Å². The maximum absolute atomic E-state index is 11.1. The number of amides is 1. The fraction of sp³-hybridized carbons (Fsp3) is 0.833. The molecule has 28 heavy (non-hydrogen) atoms. The number of quaternary nitrogens is 1. The Morgan fingerprint density at radius 1 is 1.00 bits per heavy atom. The van der Waals surface area contributed by atoms with Gasteiger partial charge in [0.1, 0.15) is 13.1 Å². The van der Waals surface area contributed by atoms with Crippen LogP contribution in [0.25, 0.3) is 0 Å². The molecule has 0 aromatic heterocycles. The lowest BCUT2D eigenvalue weighted by molar-refractivity contribution is -0.833. The van der Waals surface area contributed by atoms with Gasteiger partial charge in [0.25, 0.3) is 0 Å². The highest BCUT2D eigenvalue weighted by Gasteiger charge is 2.35. The van der Waals surface area contributed by atoms with E-state index in [1.54, 1.807) is 6.92 Å². The van der Waals surface area contributed by atoms with Crippen molar-refractivity contribution in [2.45, 2.75) is 97.8 Å². The molecule has 0 saturated heterocycles. The predicted octanol–water partition coefficient (Wildman–Crippen LogP) is 5.63. The molecule has 1 rings (SSSR count). The number of likely N-dealkylation sites (N-methyl/N-ethyl adjacent to an activating group) is 1. The van der Waals surface area contributed by atoms with E-state index in [4.69, 9.17) is 4.99 Å². The average Bonchev–Trinajstić information content (AvgIpc) is 3.08. The van der Waals surface area contributed by atoms with Crippen molar-refractivity contribution in [1.82, 2.24) is 5.32 Å². The van der Waals surface area contributed by atoms with Crippen LogP contribution in [0.3, 0.4) is 0 Å². The molecule has 4 nitrogen and oxygen atoms in total. The van der Waals surface area contributed by atoms with E-state index in [1.807, 2.05) is 0 Å². The number of amidine groups is 1. The van der Waals surface area contributed by atoms with E-state index in [1.165, 1.54) is 70.0 Å². The second kappa shape index (κ2) is 15.7. The van der Waals surface area contributed by atoms with Crippen LogP contribution in [0.1, 0.15) is 97.8 Å². The van der Waals surface area contributed by atoms with Gasteiger partial charge in [-0.05, 0) is 26.2 Å². The van der Waals surface area contributed by atoms with Crippen molar-refractivity contribution in [2.75, 3.05) is 32.7 Å². The summed E-state index contributed by atoms with van der Waals surface area (Å²) in [5.74, 6) is 1.40. The van der Waals surface area contributed by atoms with Crippen LogP contribution in [0.4, 0.5) is 0 Å². The first-order valence-corrected chi connectivity index (χ1v) is 11.9. The summed E-state index contributed by atoms with van der Waals surface area (Å²) in [5, 5.41) is 2.95. The van der Waals surface area contributed by atoms with Crippen LogP contribution < -0.4 is 5.32 Å². The van der Waals surface area contributed by atoms with Crippen LogP contribution in [0.5, 0.6) is 0 Å². The fourth-order valence-electron chi connectivity index (χ4n) is 4.17. The van der Waals surface area contributed by atoms with E-state index in [9.17, 15) is 4.79 Å². The zero-order valence-electron chi connectivity index (χ0n) is 19.0. The van der Waals surface area contributed by atoms with Gasteiger partial charge in [-0.2, -0.15) is 0 Å². The fourth-order valence-corrected chi connectivity index (χ4v) is 4.17. The van der Waals surface area contributed by atoms with Gasteiger partial charge in [0, 0.05) is 13.3 Å². The second-order valence-corrected chi connectivity index (χ2v) is 8.32. The summed E-state index contributed by atoms with van der Waals surface area (Å²) >= 11 is 0. The van der Waals surface area contributed by atoms with Crippen molar-refractivity contribution in [3.05, 3.63) is 12.2 Å². The van der Waals surface area contributed by atoms with Crippen molar-refractivity contribution in [3.8, 4) is 0 Å².